The SMILES string of the molecule is CSCC[C@H](N)C(=O)O.C[C@H](N)C(=O)O.N[C@@H](CO)C(=O)O. The summed E-state index contributed by atoms with van der Waals surface area (Å²) in [5.41, 5.74) is 14.8. The van der Waals surface area contributed by atoms with E-state index in [2.05, 4.69) is 0 Å². The number of aliphatic carboxylic acids is 3. The first-order valence-electron chi connectivity index (χ1n) is 6.06. The molecule has 0 bridgehead atoms. The van der Waals surface area contributed by atoms with E-state index in [4.69, 9.17) is 37.6 Å². The summed E-state index contributed by atoms with van der Waals surface area (Å²) < 4.78 is 0. The van der Waals surface area contributed by atoms with Crippen molar-refractivity contribution in [3.63, 3.8) is 0 Å². The predicted molar refractivity (Wildman–Crippen MR) is 82.6 cm³/mol. The molecule has 0 aliphatic heterocycles. The maximum Gasteiger partial charge on any atom is 0.322 e. The number of hydrogen-bond donors (Lipinski definition) is 7. The molecular formula is C11H25N3O7S. The summed E-state index contributed by atoms with van der Waals surface area (Å²) in [7, 11) is 0. The lowest BCUT2D eigenvalue weighted by atomic mass is 10.2. The molecule has 132 valence electrons. The molecule has 10 nitrogen and oxygen atoms in total. The third-order valence-corrected chi connectivity index (χ3v) is 2.50. The number of thioether (sulfide) groups is 1. The fourth-order valence-corrected chi connectivity index (χ4v) is 0.936. The second kappa shape index (κ2) is 16.0. The van der Waals surface area contributed by atoms with Crippen LogP contribution in [0.25, 0.3) is 0 Å². The molecule has 0 aromatic carbocycles. The standard InChI is InChI=1S/C5H11NO2S.C3H7NO3.C3H7NO2/c1-9-3-2-4(6)5(7)8;4-2(1-5)3(6)7;1-2(4)3(5)6/h4H,2-3,6H2,1H3,(H,7,8);2,5H,1,4H2,(H,6,7);2H,4H2,1H3,(H,5,6)/t4-;2*2-/m000/s1. The van der Waals surface area contributed by atoms with Crippen molar-refractivity contribution in [2.24, 2.45) is 17.2 Å². The number of hydrogen-bond acceptors (Lipinski definition) is 8. The van der Waals surface area contributed by atoms with Crippen molar-refractivity contribution in [2.75, 3.05) is 18.6 Å². The Kier molecular flexibility index (Phi) is 18.6. The predicted octanol–water partition coefficient (Wildman–Crippen LogP) is -2.04. The lowest BCUT2D eigenvalue weighted by Gasteiger charge is -2.02. The smallest absolute Gasteiger partial charge is 0.322 e. The van der Waals surface area contributed by atoms with Crippen LogP contribution in [0.5, 0.6) is 0 Å². The first-order chi connectivity index (χ1) is 10.0. The van der Waals surface area contributed by atoms with Crippen molar-refractivity contribution in [1.82, 2.24) is 0 Å². The van der Waals surface area contributed by atoms with E-state index < -0.39 is 42.6 Å². The van der Waals surface area contributed by atoms with Gasteiger partial charge in [0.15, 0.2) is 0 Å². The van der Waals surface area contributed by atoms with E-state index in [9.17, 15) is 14.4 Å². The van der Waals surface area contributed by atoms with Crippen LogP contribution in [0.3, 0.4) is 0 Å². The highest BCUT2D eigenvalue weighted by molar-refractivity contribution is 7.98. The van der Waals surface area contributed by atoms with Gasteiger partial charge in [-0.25, -0.2) is 0 Å². The molecule has 11 heteroatoms. The zero-order valence-electron chi connectivity index (χ0n) is 12.5. The highest BCUT2D eigenvalue weighted by Gasteiger charge is 2.09. The summed E-state index contributed by atoms with van der Waals surface area (Å²) >= 11 is 1.60. The third kappa shape index (κ3) is 20.9. The van der Waals surface area contributed by atoms with Gasteiger partial charge >= 0.3 is 17.9 Å². The minimum Gasteiger partial charge on any atom is -0.480 e. The van der Waals surface area contributed by atoms with Crippen LogP contribution in [0.1, 0.15) is 13.3 Å². The molecule has 0 saturated heterocycles. The van der Waals surface area contributed by atoms with E-state index >= 15 is 0 Å². The maximum atomic E-state index is 10.1. The largest absolute Gasteiger partial charge is 0.480 e. The second-order valence-electron chi connectivity index (χ2n) is 3.98. The van der Waals surface area contributed by atoms with Gasteiger partial charge < -0.3 is 37.6 Å². The molecule has 22 heavy (non-hydrogen) atoms. The molecular weight excluding hydrogens is 318 g/mol. The van der Waals surface area contributed by atoms with Crippen molar-refractivity contribution in [1.29, 1.82) is 0 Å². The highest BCUT2D eigenvalue weighted by Crippen LogP contribution is 1.97. The van der Waals surface area contributed by atoms with Crippen LogP contribution in [0.4, 0.5) is 0 Å². The number of carboxylic acids is 3. The van der Waals surface area contributed by atoms with Crippen LogP contribution in [-0.2, 0) is 14.4 Å². The maximum absolute atomic E-state index is 10.1. The number of nitrogens with two attached hydrogens (primary N) is 3. The van der Waals surface area contributed by atoms with Gasteiger partial charge in [0, 0.05) is 0 Å². The Morgan fingerprint density at radius 3 is 1.45 bits per heavy atom. The van der Waals surface area contributed by atoms with Crippen LogP contribution in [-0.4, -0.2) is 75.1 Å². The Bertz CT molecular complexity index is 329. The van der Waals surface area contributed by atoms with E-state index in [0.717, 1.165) is 5.75 Å². The van der Waals surface area contributed by atoms with Gasteiger partial charge in [-0.2, -0.15) is 11.8 Å². The Morgan fingerprint density at radius 1 is 0.955 bits per heavy atom. The summed E-state index contributed by atoms with van der Waals surface area (Å²) in [6.45, 7) is 0.914. The number of carboxylic acid groups (broad SMARTS) is 3. The Labute approximate surface area is 132 Å². The highest BCUT2D eigenvalue weighted by atomic mass is 32.2. The zero-order chi connectivity index (χ0) is 18.3. The fraction of sp³-hybridized carbons (Fsp3) is 0.727. The number of carbonyl (C=O) groups is 3. The van der Waals surface area contributed by atoms with Crippen molar-refractivity contribution in [2.45, 2.75) is 31.5 Å². The Hall–Kier alpha value is -1.40. The molecule has 0 aliphatic rings. The summed E-state index contributed by atoms with van der Waals surface area (Å²) in [4.78, 5) is 29.3. The topological polar surface area (TPSA) is 210 Å². The van der Waals surface area contributed by atoms with E-state index in [-0.39, 0.29) is 0 Å². The van der Waals surface area contributed by atoms with Gasteiger partial charge in [0.05, 0.1) is 6.61 Å². The van der Waals surface area contributed by atoms with E-state index in [0.29, 0.717) is 6.42 Å². The molecule has 0 rings (SSSR count). The second-order valence-corrected chi connectivity index (χ2v) is 4.97. The number of aliphatic hydroxyl groups is 1. The van der Waals surface area contributed by atoms with Crippen LogP contribution in [0, 0.1) is 0 Å². The Morgan fingerprint density at radius 2 is 1.32 bits per heavy atom. The Balaban J connectivity index is -0.000000252. The first kappa shape index (κ1) is 25.5. The molecule has 0 heterocycles. The van der Waals surface area contributed by atoms with Crippen LogP contribution < -0.4 is 17.2 Å². The van der Waals surface area contributed by atoms with Gasteiger partial charge in [-0.3, -0.25) is 14.4 Å². The average Bonchev–Trinajstić information content (AvgIpc) is 2.44. The quantitative estimate of drug-likeness (QED) is 0.267. The van der Waals surface area contributed by atoms with Crippen molar-refractivity contribution in [3.05, 3.63) is 0 Å². The minimum absolute atomic E-state index is 0.505. The average molecular weight is 343 g/mol. The lowest BCUT2D eigenvalue weighted by molar-refractivity contribution is -0.140. The summed E-state index contributed by atoms with van der Waals surface area (Å²) in [5.74, 6) is -2.24. The van der Waals surface area contributed by atoms with Crippen molar-refractivity contribution >= 4 is 29.7 Å². The van der Waals surface area contributed by atoms with Gasteiger partial charge in [-0.05, 0) is 25.4 Å². The zero-order valence-corrected chi connectivity index (χ0v) is 13.3. The monoisotopic (exact) mass is 343 g/mol. The van der Waals surface area contributed by atoms with Gasteiger partial charge in [0.2, 0.25) is 0 Å². The summed E-state index contributed by atoms with van der Waals surface area (Å²) in [6.07, 6.45) is 2.48. The van der Waals surface area contributed by atoms with E-state index in [1.54, 1.807) is 11.8 Å². The molecule has 0 aromatic rings. The lowest BCUT2D eigenvalue weighted by Crippen LogP contribution is -2.33. The molecule has 0 radical (unpaired) electrons. The van der Waals surface area contributed by atoms with Gasteiger partial charge in [-0.15, -0.1) is 0 Å². The van der Waals surface area contributed by atoms with Gasteiger partial charge in [0.25, 0.3) is 0 Å². The first-order valence-corrected chi connectivity index (χ1v) is 7.45. The summed E-state index contributed by atoms with van der Waals surface area (Å²) in [5, 5.41) is 32.0. The molecule has 3 atom stereocenters. The van der Waals surface area contributed by atoms with E-state index in [1.807, 2.05) is 6.26 Å². The molecule has 0 amide bonds. The minimum atomic E-state index is -1.18. The molecule has 10 N–H and O–H groups in total. The molecule has 0 aromatic heterocycles. The third-order valence-electron chi connectivity index (χ3n) is 1.85. The van der Waals surface area contributed by atoms with Gasteiger partial charge in [-0.1, -0.05) is 0 Å². The molecule has 0 fully saturated rings. The van der Waals surface area contributed by atoms with Crippen molar-refractivity contribution in [3.8, 4) is 0 Å². The van der Waals surface area contributed by atoms with Crippen LogP contribution in [0.15, 0.2) is 0 Å². The molecule has 0 spiro atoms. The van der Waals surface area contributed by atoms with Gasteiger partial charge in [0.1, 0.15) is 18.1 Å². The van der Waals surface area contributed by atoms with E-state index in [1.165, 1.54) is 6.92 Å². The molecule has 0 saturated carbocycles. The van der Waals surface area contributed by atoms with Crippen LogP contribution in [0.2, 0.25) is 0 Å². The fourth-order valence-electron chi connectivity index (χ4n) is 0.446. The summed E-state index contributed by atoms with van der Waals surface area (Å²) in [6, 6.07) is -2.54. The number of rotatable bonds is 7. The molecule has 0 unspecified atom stereocenters. The molecule has 0 aliphatic carbocycles. The van der Waals surface area contributed by atoms with Crippen LogP contribution >= 0.6 is 11.8 Å². The number of aliphatic hydroxyl groups excluding tert-OH is 1. The van der Waals surface area contributed by atoms with Crippen molar-refractivity contribution < 1.29 is 34.8 Å². The normalized spacial score (nSPS) is 13.4.